The van der Waals surface area contributed by atoms with Gasteiger partial charge >= 0.3 is 0 Å². The lowest BCUT2D eigenvalue weighted by atomic mass is 9.80. The number of hydrogen-bond donors (Lipinski definition) is 1. The second-order valence-electron chi connectivity index (χ2n) is 4.54. The van der Waals surface area contributed by atoms with Crippen LogP contribution >= 0.6 is 0 Å². The van der Waals surface area contributed by atoms with Crippen LogP contribution in [0.5, 0.6) is 0 Å². The summed E-state index contributed by atoms with van der Waals surface area (Å²) in [5.74, 6) is 0. The van der Waals surface area contributed by atoms with Crippen LogP contribution in [0.1, 0.15) is 34.1 Å². The standard InChI is InChI=1S/C10H16O3S/c1-7-5-8(2)9(14(11,12)13)10(3,4)6-7/h5H,6H2,1-4H3,(H,11,12,13). The first kappa shape index (κ1) is 11.5. The Morgan fingerprint density at radius 3 is 2.21 bits per heavy atom. The van der Waals surface area contributed by atoms with E-state index in [9.17, 15) is 8.42 Å². The van der Waals surface area contributed by atoms with Crippen LogP contribution in [0.15, 0.2) is 22.1 Å². The van der Waals surface area contributed by atoms with E-state index in [-0.39, 0.29) is 4.91 Å². The quantitative estimate of drug-likeness (QED) is 0.685. The predicted octanol–water partition coefficient (Wildman–Crippen LogP) is 2.52. The molecule has 0 aromatic rings. The zero-order chi connectivity index (χ0) is 11.1. The Balaban J connectivity index is 3.43. The summed E-state index contributed by atoms with van der Waals surface area (Å²) in [4.78, 5) is 0.149. The SMILES string of the molecule is CC1=CC(C)=C(S(=O)(=O)O)C(C)(C)C1. The molecular weight excluding hydrogens is 200 g/mol. The molecule has 0 saturated heterocycles. The summed E-state index contributed by atoms with van der Waals surface area (Å²) in [6.07, 6.45) is 2.48. The Morgan fingerprint density at radius 1 is 1.36 bits per heavy atom. The molecule has 0 spiro atoms. The highest BCUT2D eigenvalue weighted by atomic mass is 32.2. The molecule has 1 aliphatic carbocycles. The van der Waals surface area contributed by atoms with Crippen molar-refractivity contribution in [3.8, 4) is 0 Å². The van der Waals surface area contributed by atoms with E-state index in [1.54, 1.807) is 6.92 Å². The maximum absolute atomic E-state index is 11.2. The van der Waals surface area contributed by atoms with Crippen molar-refractivity contribution in [2.24, 2.45) is 5.41 Å². The molecule has 0 heterocycles. The molecule has 0 saturated carbocycles. The van der Waals surface area contributed by atoms with Crippen molar-refractivity contribution in [1.82, 2.24) is 0 Å². The summed E-state index contributed by atoms with van der Waals surface area (Å²) < 4.78 is 31.5. The Labute approximate surface area is 85.3 Å². The monoisotopic (exact) mass is 216 g/mol. The molecule has 0 atom stereocenters. The van der Waals surface area contributed by atoms with Gasteiger partial charge in [-0.3, -0.25) is 4.55 Å². The zero-order valence-electron chi connectivity index (χ0n) is 8.96. The lowest BCUT2D eigenvalue weighted by Gasteiger charge is -2.31. The fourth-order valence-corrected chi connectivity index (χ4v) is 3.59. The number of rotatable bonds is 1. The van der Waals surface area contributed by atoms with Crippen molar-refractivity contribution >= 4 is 10.1 Å². The molecule has 14 heavy (non-hydrogen) atoms. The largest absolute Gasteiger partial charge is 0.291 e. The Morgan fingerprint density at radius 2 is 1.86 bits per heavy atom. The topological polar surface area (TPSA) is 54.4 Å². The van der Waals surface area contributed by atoms with Crippen LogP contribution in [0, 0.1) is 5.41 Å². The van der Waals surface area contributed by atoms with E-state index in [1.165, 1.54) is 0 Å². The molecule has 0 aliphatic heterocycles. The second-order valence-corrected chi connectivity index (χ2v) is 5.90. The summed E-state index contributed by atoms with van der Waals surface area (Å²) in [6, 6.07) is 0. The molecule has 1 aliphatic rings. The Hall–Kier alpha value is -0.610. The van der Waals surface area contributed by atoms with E-state index >= 15 is 0 Å². The third-order valence-electron chi connectivity index (χ3n) is 2.41. The maximum atomic E-state index is 11.2. The van der Waals surface area contributed by atoms with Gasteiger partial charge in [0.15, 0.2) is 0 Å². The molecule has 0 unspecified atom stereocenters. The summed E-state index contributed by atoms with van der Waals surface area (Å²) in [5, 5.41) is 0. The molecule has 0 bridgehead atoms. The van der Waals surface area contributed by atoms with E-state index in [1.807, 2.05) is 26.8 Å². The normalized spacial score (nSPS) is 22.2. The first-order chi connectivity index (χ1) is 6.14. The average Bonchev–Trinajstić information content (AvgIpc) is 1.75. The first-order valence-corrected chi connectivity index (χ1v) is 5.94. The van der Waals surface area contributed by atoms with Gasteiger partial charge in [0.25, 0.3) is 10.1 Å². The molecule has 80 valence electrons. The van der Waals surface area contributed by atoms with Gasteiger partial charge in [-0.15, -0.1) is 0 Å². The van der Waals surface area contributed by atoms with Crippen molar-refractivity contribution in [2.45, 2.75) is 34.1 Å². The van der Waals surface area contributed by atoms with E-state index in [0.717, 1.165) is 5.57 Å². The third-order valence-corrected chi connectivity index (χ3v) is 3.80. The van der Waals surface area contributed by atoms with Gasteiger partial charge in [0.2, 0.25) is 0 Å². The summed E-state index contributed by atoms with van der Waals surface area (Å²) >= 11 is 0. The highest BCUT2D eigenvalue weighted by molar-refractivity contribution is 7.89. The van der Waals surface area contributed by atoms with Gasteiger partial charge < -0.3 is 0 Å². The molecule has 3 nitrogen and oxygen atoms in total. The first-order valence-electron chi connectivity index (χ1n) is 4.50. The van der Waals surface area contributed by atoms with Gasteiger partial charge in [0.05, 0.1) is 4.91 Å². The van der Waals surface area contributed by atoms with Gasteiger partial charge in [0, 0.05) is 5.41 Å². The van der Waals surface area contributed by atoms with E-state index < -0.39 is 15.5 Å². The second kappa shape index (κ2) is 3.21. The predicted molar refractivity (Wildman–Crippen MR) is 56.4 cm³/mol. The van der Waals surface area contributed by atoms with Gasteiger partial charge in [-0.1, -0.05) is 25.5 Å². The number of allylic oxidation sites excluding steroid dienone is 4. The lowest BCUT2D eigenvalue weighted by molar-refractivity contribution is 0.422. The van der Waals surface area contributed by atoms with Gasteiger partial charge in [-0.05, 0) is 25.8 Å². The van der Waals surface area contributed by atoms with Crippen LogP contribution in [0.25, 0.3) is 0 Å². The Kier molecular flexibility index (Phi) is 2.63. The van der Waals surface area contributed by atoms with E-state index in [2.05, 4.69) is 0 Å². The van der Waals surface area contributed by atoms with Crippen LogP contribution in [-0.4, -0.2) is 13.0 Å². The van der Waals surface area contributed by atoms with Crippen molar-refractivity contribution in [3.05, 3.63) is 22.1 Å². The lowest BCUT2D eigenvalue weighted by Crippen LogP contribution is -2.25. The molecule has 0 radical (unpaired) electrons. The fourth-order valence-electron chi connectivity index (χ4n) is 2.35. The summed E-state index contributed by atoms with van der Waals surface area (Å²) in [6.45, 7) is 7.34. The minimum atomic E-state index is -4.07. The smallest absolute Gasteiger partial charge is 0.282 e. The van der Waals surface area contributed by atoms with Crippen LogP contribution in [-0.2, 0) is 10.1 Å². The van der Waals surface area contributed by atoms with Crippen LogP contribution in [0.3, 0.4) is 0 Å². The minimum Gasteiger partial charge on any atom is -0.282 e. The molecular formula is C10H16O3S. The zero-order valence-corrected chi connectivity index (χ0v) is 9.77. The Bertz CT molecular complexity index is 411. The van der Waals surface area contributed by atoms with E-state index in [4.69, 9.17) is 4.55 Å². The summed E-state index contributed by atoms with van der Waals surface area (Å²) in [5.41, 5.74) is 1.28. The van der Waals surface area contributed by atoms with Gasteiger partial charge in [-0.25, -0.2) is 0 Å². The average molecular weight is 216 g/mol. The highest BCUT2D eigenvalue weighted by Crippen LogP contribution is 2.41. The molecule has 4 heteroatoms. The van der Waals surface area contributed by atoms with Crippen molar-refractivity contribution in [2.75, 3.05) is 0 Å². The highest BCUT2D eigenvalue weighted by Gasteiger charge is 2.35. The van der Waals surface area contributed by atoms with Crippen LogP contribution in [0.2, 0.25) is 0 Å². The van der Waals surface area contributed by atoms with Crippen molar-refractivity contribution < 1.29 is 13.0 Å². The molecule has 0 aromatic heterocycles. The molecule has 1 N–H and O–H groups in total. The minimum absolute atomic E-state index is 0.149. The van der Waals surface area contributed by atoms with E-state index in [0.29, 0.717) is 12.0 Å². The third kappa shape index (κ3) is 2.07. The maximum Gasteiger partial charge on any atom is 0.291 e. The molecule has 0 amide bonds. The molecule has 1 rings (SSSR count). The summed E-state index contributed by atoms with van der Waals surface area (Å²) in [7, 11) is -4.07. The number of hydrogen-bond acceptors (Lipinski definition) is 2. The van der Waals surface area contributed by atoms with Crippen molar-refractivity contribution in [3.63, 3.8) is 0 Å². The molecule has 0 aromatic carbocycles. The van der Waals surface area contributed by atoms with Crippen LogP contribution in [0.4, 0.5) is 0 Å². The van der Waals surface area contributed by atoms with Crippen LogP contribution < -0.4 is 0 Å². The fraction of sp³-hybridized carbons (Fsp3) is 0.600. The van der Waals surface area contributed by atoms with Gasteiger partial charge in [0.1, 0.15) is 0 Å². The van der Waals surface area contributed by atoms with Crippen molar-refractivity contribution in [1.29, 1.82) is 0 Å². The molecule has 0 fully saturated rings. The van der Waals surface area contributed by atoms with Gasteiger partial charge in [-0.2, -0.15) is 8.42 Å².